The second kappa shape index (κ2) is 16.4. The van der Waals surface area contributed by atoms with Gasteiger partial charge in [0.1, 0.15) is 16.8 Å². The minimum atomic E-state index is -0.830. The fraction of sp³-hybridized carbons (Fsp3) is 0.750. The highest BCUT2D eigenvalue weighted by atomic mass is 16.6. The molecular weight excluding hydrogens is 576 g/mol. The van der Waals surface area contributed by atoms with Crippen LogP contribution >= 0.6 is 0 Å². The molecule has 0 saturated heterocycles. The van der Waals surface area contributed by atoms with Crippen molar-refractivity contribution in [2.45, 2.75) is 149 Å². The lowest BCUT2D eigenvalue weighted by Crippen LogP contribution is -2.69. The van der Waals surface area contributed by atoms with E-state index in [0.717, 1.165) is 18.2 Å². The van der Waals surface area contributed by atoms with Crippen molar-refractivity contribution in [1.29, 1.82) is 0 Å². The van der Waals surface area contributed by atoms with Crippen LogP contribution in [0.1, 0.15) is 116 Å². The molecule has 0 aliphatic heterocycles. The first-order valence-electron chi connectivity index (χ1n) is 15.8. The van der Waals surface area contributed by atoms with Crippen molar-refractivity contribution < 1.29 is 42.8 Å². The van der Waals surface area contributed by atoms with E-state index in [2.05, 4.69) is 26.7 Å². The minimum Gasteiger partial charge on any atom is -0.456 e. The van der Waals surface area contributed by atoms with Gasteiger partial charge in [0, 0.05) is 37.5 Å². The molecule has 0 bridgehead atoms. The first-order valence-corrected chi connectivity index (χ1v) is 15.8. The third-order valence-corrected chi connectivity index (χ3v) is 8.75. The van der Waals surface area contributed by atoms with Crippen LogP contribution < -0.4 is 0 Å². The van der Waals surface area contributed by atoms with Crippen molar-refractivity contribution in [3.63, 3.8) is 0 Å². The minimum absolute atomic E-state index is 0.299. The van der Waals surface area contributed by atoms with E-state index in [-0.39, 0.29) is 0 Å². The smallest absolute Gasteiger partial charge is 0.330 e. The highest BCUT2D eigenvalue weighted by molar-refractivity contribution is 5.82. The lowest BCUT2D eigenvalue weighted by atomic mass is 9.53. The summed E-state index contributed by atoms with van der Waals surface area (Å²) in [5, 5.41) is 0. The zero-order valence-electron chi connectivity index (χ0n) is 30.5. The van der Waals surface area contributed by atoms with Crippen LogP contribution in [0, 0.1) is 5.41 Å². The molecule has 0 rings (SSSR count). The molecule has 0 radical (unpaired) electrons. The molecule has 0 spiro atoms. The molecule has 0 N–H and O–H groups in total. The summed E-state index contributed by atoms with van der Waals surface area (Å²) in [5.41, 5.74) is -5.56. The molecule has 0 aromatic heterocycles. The second-order valence-electron chi connectivity index (χ2n) is 14.7. The van der Waals surface area contributed by atoms with E-state index >= 15 is 0 Å². The Hall–Kier alpha value is -2.49. The first kappa shape index (κ1) is 42.5. The van der Waals surface area contributed by atoms with Crippen molar-refractivity contribution >= 4 is 17.9 Å². The molecule has 9 nitrogen and oxygen atoms in total. The van der Waals surface area contributed by atoms with Crippen LogP contribution in [-0.4, -0.2) is 71.3 Å². The predicted octanol–water partition coefficient (Wildman–Crippen LogP) is 7.46. The Morgan fingerprint density at radius 1 is 0.489 bits per heavy atom. The van der Waals surface area contributed by atoms with Gasteiger partial charge in [-0.05, 0) is 89.5 Å². The zero-order chi connectivity index (χ0) is 35.5. The number of ether oxygens (including phenoxy) is 6. The number of carbonyl (C=O) groups is 3. The van der Waals surface area contributed by atoms with Crippen molar-refractivity contribution in [2.24, 2.45) is 5.41 Å². The van der Waals surface area contributed by atoms with Gasteiger partial charge in [0.15, 0.2) is 0 Å². The standard InChI is InChI=1S/C36H62O9/c1-17-27(37)43-30(5,6)21-24-40-33(11,12)36(20-4,34(13,14)41-25-22-31(7,8)44-28(38)18-2)35(15,16)42-26-23-32(9,10)45-29(39)19-3/h17-19H,1-3,20-26H2,4-16H3. The van der Waals surface area contributed by atoms with Gasteiger partial charge in [-0.15, -0.1) is 0 Å². The quantitative estimate of drug-likeness (QED) is 0.0678. The molecule has 0 heterocycles. The molecule has 0 saturated carbocycles. The Labute approximate surface area is 273 Å². The van der Waals surface area contributed by atoms with Gasteiger partial charge < -0.3 is 28.4 Å². The Bertz CT molecular complexity index is 905. The van der Waals surface area contributed by atoms with Gasteiger partial charge in [0.25, 0.3) is 0 Å². The summed E-state index contributed by atoms with van der Waals surface area (Å²) in [5.74, 6) is -1.47. The number of hydrogen-bond acceptors (Lipinski definition) is 9. The third-order valence-electron chi connectivity index (χ3n) is 8.75. The highest BCUT2D eigenvalue weighted by Crippen LogP contribution is 2.57. The topological polar surface area (TPSA) is 107 Å². The zero-order valence-corrected chi connectivity index (χ0v) is 30.5. The Balaban J connectivity index is 6.42. The van der Waals surface area contributed by atoms with Gasteiger partial charge in [0.2, 0.25) is 0 Å². The molecule has 0 aromatic carbocycles. The fourth-order valence-corrected chi connectivity index (χ4v) is 6.57. The molecule has 0 fully saturated rings. The van der Waals surface area contributed by atoms with Gasteiger partial charge in [-0.1, -0.05) is 26.7 Å². The van der Waals surface area contributed by atoms with Gasteiger partial charge in [-0.3, -0.25) is 0 Å². The maximum atomic E-state index is 11.9. The summed E-state index contributed by atoms with van der Waals surface area (Å²) in [7, 11) is 0. The largest absolute Gasteiger partial charge is 0.456 e. The van der Waals surface area contributed by atoms with E-state index in [1.54, 1.807) is 0 Å². The molecule has 260 valence electrons. The van der Waals surface area contributed by atoms with Crippen molar-refractivity contribution in [3.05, 3.63) is 38.0 Å². The van der Waals surface area contributed by atoms with E-state index < -0.39 is 56.9 Å². The van der Waals surface area contributed by atoms with Crippen LogP contribution in [0.4, 0.5) is 0 Å². The molecule has 45 heavy (non-hydrogen) atoms. The van der Waals surface area contributed by atoms with Crippen LogP contribution in [0.15, 0.2) is 38.0 Å². The van der Waals surface area contributed by atoms with Crippen LogP contribution in [0.3, 0.4) is 0 Å². The number of esters is 3. The van der Waals surface area contributed by atoms with Gasteiger partial charge in [-0.25, -0.2) is 14.4 Å². The normalized spacial score (nSPS) is 13.5. The summed E-state index contributed by atoms with van der Waals surface area (Å²) < 4.78 is 36.7. The summed E-state index contributed by atoms with van der Waals surface area (Å²) in [6.07, 6.45) is 5.39. The van der Waals surface area contributed by atoms with Gasteiger partial charge >= 0.3 is 17.9 Å². The Kier molecular flexibility index (Phi) is 15.5. The lowest BCUT2D eigenvalue weighted by Gasteiger charge is -2.62. The average molecular weight is 639 g/mol. The van der Waals surface area contributed by atoms with E-state index in [1.807, 2.05) is 83.1 Å². The number of carbonyl (C=O) groups excluding carboxylic acids is 3. The maximum absolute atomic E-state index is 11.9. The third kappa shape index (κ3) is 12.3. The molecule has 0 amide bonds. The molecule has 0 atom stereocenters. The lowest BCUT2D eigenvalue weighted by molar-refractivity contribution is -0.290. The second-order valence-corrected chi connectivity index (χ2v) is 14.7. The van der Waals surface area contributed by atoms with E-state index in [9.17, 15) is 14.4 Å². The van der Waals surface area contributed by atoms with Crippen molar-refractivity contribution in [2.75, 3.05) is 19.8 Å². The maximum Gasteiger partial charge on any atom is 0.330 e. The summed E-state index contributed by atoms with van der Waals surface area (Å²) in [4.78, 5) is 35.6. The Morgan fingerprint density at radius 3 is 0.889 bits per heavy atom. The van der Waals surface area contributed by atoms with Crippen LogP contribution in [0.2, 0.25) is 0 Å². The number of hydrogen-bond donors (Lipinski definition) is 0. The fourth-order valence-electron chi connectivity index (χ4n) is 6.57. The van der Waals surface area contributed by atoms with Crippen molar-refractivity contribution in [3.8, 4) is 0 Å². The summed E-state index contributed by atoms with van der Waals surface area (Å²) in [6.45, 7) is 36.6. The molecule has 0 aliphatic carbocycles. The van der Waals surface area contributed by atoms with E-state index in [4.69, 9.17) is 28.4 Å². The van der Waals surface area contributed by atoms with Crippen LogP contribution in [0.5, 0.6) is 0 Å². The highest BCUT2D eigenvalue weighted by Gasteiger charge is 2.64. The molecular formula is C36H62O9. The summed E-state index contributed by atoms with van der Waals surface area (Å²) in [6, 6.07) is 0. The van der Waals surface area contributed by atoms with Gasteiger partial charge in [0.05, 0.1) is 42.0 Å². The first-order chi connectivity index (χ1) is 20.3. The molecule has 0 aliphatic rings. The van der Waals surface area contributed by atoms with Crippen LogP contribution in [0.25, 0.3) is 0 Å². The van der Waals surface area contributed by atoms with Crippen LogP contribution in [-0.2, 0) is 42.8 Å². The van der Waals surface area contributed by atoms with Gasteiger partial charge in [-0.2, -0.15) is 0 Å². The van der Waals surface area contributed by atoms with E-state index in [0.29, 0.717) is 45.5 Å². The Morgan fingerprint density at radius 2 is 0.711 bits per heavy atom. The summed E-state index contributed by atoms with van der Waals surface area (Å²) >= 11 is 0. The predicted molar refractivity (Wildman–Crippen MR) is 178 cm³/mol. The SMILES string of the molecule is C=CC(=O)OC(C)(C)CCOC(C)(C)C(CC)(C(C)(C)OCCC(C)(C)OC(=O)C=C)C(C)(C)OCCC(C)(C)OC(=O)C=C. The monoisotopic (exact) mass is 638 g/mol. The number of rotatable bonds is 22. The van der Waals surface area contributed by atoms with Crippen molar-refractivity contribution in [1.82, 2.24) is 0 Å². The molecule has 9 heteroatoms. The average Bonchev–Trinajstić information content (AvgIpc) is 2.86. The molecule has 0 aromatic rings. The van der Waals surface area contributed by atoms with E-state index in [1.165, 1.54) is 0 Å². The molecule has 0 unspecified atom stereocenters.